The molecule has 5 heteroatoms. The smallest absolute Gasteiger partial charge is 0.251 e. The zero-order valence-electron chi connectivity index (χ0n) is 11.4. The SMILES string of the molecule is Clc1nc2ccccc2cc1-c1nnc(-c2ccccc2)o1. The summed E-state index contributed by atoms with van der Waals surface area (Å²) in [5, 5.41) is 9.49. The number of benzene rings is 2. The van der Waals surface area contributed by atoms with E-state index in [1.54, 1.807) is 0 Å². The highest BCUT2D eigenvalue weighted by molar-refractivity contribution is 6.32. The summed E-state index contributed by atoms with van der Waals surface area (Å²) in [6.07, 6.45) is 0. The molecule has 2 aromatic heterocycles. The van der Waals surface area contributed by atoms with Crippen molar-refractivity contribution < 1.29 is 4.42 Å². The molecule has 0 saturated carbocycles. The maximum atomic E-state index is 6.25. The third-order valence-corrected chi connectivity index (χ3v) is 3.64. The van der Waals surface area contributed by atoms with E-state index in [-0.39, 0.29) is 0 Å². The highest BCUT2D eigenvalue weighted by Gasteiger charge is 2.15. The number of fused-ring (bicyclic) bond motifs is 1. The number of nitrogens with zero attached hydrogens (tertiary/aromatic N) is 3. The first kappa shape index (κ1) is 13.0. The van der Waals surface area contributed by atoms with Gasteiger partial charge in [-0.05, 0) is 24.3 Å². The lowest BCUT2D eigenvalue weighted by molar-refractivity contribution is 0.584. The van der Waals surface area contributed by atoms with E-state index in [9.17, 15) is 0 Å². The Morgan fingerprint density at radius 3 is 2.41 bits per heavy atom. The third kappa shape index (κ3) is 2.23. The van der Waals surface area contributed by atoms with Gasteiger partial charge in [-0.25, -0.2) is 4.98 Å². The van der Waals surface area contributed by atoms with Crippen LogP contribution in [-0.4, -0.2) is 15.2 Å². The van der Waals surface area contributed by atoms with E-state index in [0.717, 1.165) is 16.5 Å². The minimum atomic E-state index is 0.349. The quantitative estimate of drug-likeness (QED) is 0.508. The Labute approximate surface area is 131 Å². The van der Waals surface area contributed by atoms with E-state index in [1.807, 2.05) is 60.7 Å². The maximum absolute atomic E-state index is 6.25. The molecule has 2 aromatic carbocycles. The number of para-hydroxylation sites is 1. The molecule has 4 nitrogen and oxygen atoms in total. The lowest BCUT2D eigenvalue weighted by atomic mass is 10.1. The predicted molar refractivity (Wildman–Crippen MR) is 85.5 cm³/mol. The van der Waals surface area contributed by atoms with Gasteiger partial charge in [0.15, 0.2) is 0 Å². The normalized spacial score (nSPS) is 11.0. The number of aromatic nitrogens is 3. The molecular formula is C17H10ClN3O. The minimum absolute atomic E-state index is 0.349. The van der Waals surface area contributed by atoms with Gasteiger partial charge in [0.25, 0.3) is 5.89 Å². The lowest BCUT2D eigenvalue weighted by Crippen LogP contribution is -1.86. The van der Waals surface area contributed by atoms with Crippen molar-refractivity contribution in [2.24, 2.45) is 0 Å². The second-order valence-corrected chi connectivity index (χ2v) is 5.16. The summed E-state index contributed by atoms with van der Waals surface area (Å²) in [7, 11) is 0. The van der Waals surface area contributed by atoms with Gasteiger partial charge in [-0.15, -0.1) is 10.2 Å². The molecule has 0 fully saturated rings. The molecule has 0 aliphatic heterocycles. The first-order valence-corrected chi connectivity index (χ1v) is 7.14. The van der Waals surface area contributed by atoms with E-state index in [4.69, 9.17) is 16.0 Å². The van der Waals surface area contributed by atoms with Crippen molar-refractivity contribution >= 4 is 22.5 Å². The second-order valence-electron chi connectivity index (χ2n) is 4.80. The number of rotatable bonds is 2. The highest BCUT2D eigenvalue weighted by atomic mass is 35.5. The van der Waals surface area contributed by atoms with Crippen molar-refractivity contribution in [1.82, 2.24) is 15.2 Å². The van der Waals surface area contributed by atoms with Gasteiger partial charge in [0.2, 0.25) is 5.89 Å². The van der Waals surface area contributed by atoms with Gasteiger partial charge >= 0.3 is 0 Å². The monoisotopic (exact) mass is 307 g/mol. The van der Waals surface area contributed by atoms with Crippen molar-refractivity contribution in [3.05, 3.63) is 65.8 Å². The highest BCUT2D eigenvalue weighted by Crippen LogP contribution is 2.30. The Kier molecular flexibility index (Phi) is 3.09. The Bertz CT molecular complexity index is 950. The van der Waals surface area contributed by atoms with Crippen LogP contribution in [0.3, 0.4) is 0 Å². The average Bonchev–Trinajstić information content (AvgIpc) is 3.05. The van der Waals surface area contributed by atoms with E-state index in [1.165, 1.54) is 0 Å². The average molecular weight is 308 g/mol. The Balaban J connectivity index is 1.82. The molecule has 4 rings (SSSR count). The zero-order chi connectivity index (χ0) is 14.9. The first-order chi connectivity index (χ1) is 10.8. The van der Waals surface area contributed by atoms with E-state index in [2.05, 4.69) is 15.2 Å². The van der Waals surface area contributed by atoms with Crippen molar-refractivity contribution in [3.8, 4) is 22.9 Å². The fourth-order valence-electron chi connectivity index (χ4n) is 2.27. The molecule has 4 aromatic rings. The van der Waals surface area contributed by atoms with E-state index >= 15 is 0 Å². The largest absolute Gasteiger partial charge is 0.416 e. The summed E-state index contributed by atoms with van der Waals surface area (Å²) in [4.78, 5) is 4.37. The van der Waals surface area contributed by atoms with Gasteiger partial charge in [-0.2, -0.15) is 0 Å². The van der Waals surface area contributed by atoms with Crippen LogP contribution in [0.2, 0.25) is 5.15 Å². The Morgan fingerprint density at radius 2 is 1.55 bits per heavy atom. The fourth-order valence-corrected chi connectivity index (χ4v) is 2.50. The number of pyridine rings is 1. The van der Waals surface area contributed by atoms with Gasteiger partial charge < -0.3 is 4.42 Å². The molecule has 0 bridgehead atoms. The summed E-state index contributed by atoms with van der Waals surface area (Å²) in [6, 6.07) is 19.3. The molecule has 0 aliphatic rings. The molecule has 0 saturated heterocycles. The van der Waals surface area contributed by atoms with Crippen LogP contribution in [0, 0.1) is 0 Å². The van der Waals surface area contributed by atoms with Crippen LogP contribution in [0.1, 0.15) is 0 Å². The van der Waals surface area contributed by atoms with Crippen LogP contribution in [0.4, 0.5) is 0 Å². The topological polar surface area (TPSA) is 51.8 Å². The molecule has 0 radical (unpaired) electrons. The standard InChI is InChI=1S/C17H10ClN3O/c18-15-13(10-12-8-4-5-9-14(12)19-15)17-21-20-16(22-17)11-6-2-1-3-7-11/h1-10H. The molecular weight excluding hydrogens is 298 g/mol. The van der Waals surface area contributed by atoms with Crippen LogP contribution in [0.5, 0.6) is 0 Å². The van der Waals surface area contributed by atoms with Gasteiger partial charge in [0.1, 0.15) is 5.15 Å². The molecule has 0 unspecified atom stereocenters. The van der Waals surface area contributed by atoms with Crippen LogP contribution in [-0.2, 0) is 0 Å². The molecule has 0 amide bonds. The fraction of sp³-hybridized carbons (Fsp3) is 0. The van der Waals surface area contributed by atoms with Gasteiger partial charge in [0, 0.05) is 10.9 Å². The third-order valence-electron chi connectivity index (χ3n) is 3.35. The molecule has 0 N–H and O–H groups in total. The van der Waals surface area contributed by atoms with Crippen molar-refractivity contribution in [1.29, 1.82) is 0 Å². The summed E-state index contributed by atoms with van der Waals surface area (Å²) in [5.74, 6) is 0.821. The van der Waals surface area contributed by atoms with Crippen molar-refractivity contribution in [3.63, 3.8) is 0 Å². The van der Waals surface area contributed by atoms with Crippen molar-refractivity contribution in [2.45, 2.75) is 0 Å². The number of hydrogen-bond acceptors (Lipinski definition) is 4. The van der Waals surface area contributed by atoms with E-state index in [0.29, 0.717) is 22.5 Å². The van der Waals surface area contributed by atoms with Gasteiger partial charge in [0.05, 0.1) is 11.1 Å². The summed E-state index contributed by atoms with van der Waals surface area (Å²) < 4.78 is 5.74. The van der Waals surface area contributed by atoms with Crippen LogP contribution in [0.15, 0.2) is 65.1 Å². The minimum Gasteiger partial charge on any atom is -0.416 e. The van der Waals surface area contributed by atoms with Crippen LogP contribution < -0.4 is 0 Å². The Morgan fingerprint density at radius 1 is 0.818 bits per heavy atom. The Hall–Kier alpha value is -2.72. The van der Waals surface area contributed by atoms with Crippen LogP contribution in [0.25, 0.3) is 33.8 Å². The first-order valence-electron chi connectivity index (χ1n) is 6.76. The molecule has 0 spiro atoms. The molecule has 106 valence electrons. The summed E-state index contributed by atoms with van der Waals surface area (Å²) in [6.45, 7) is 0. The molecule has 2 heterocycles. The van der Waals surface area contributed by atoms with E-state index < -0.39 is 0 Å². The van der Waals surface area contributed by atoms with Crippen LogP contribution >= 0.6 is 11.6 Å². The molecule has 0 atom stereocenters. The van der Waals surface area contributed by atoms with Gasteiger partial charge in [-0.1, -0.05) is 48.0 Å². The zero-order valence-corrected chi connectivity index (χ0v) is 12.2. The second kappa shape index (κ2) is 5.24. The molecule has 22 heavy (non-hydrogen) atoms. The molecule has 0 aliphatic carbocycles. The predicted octanol–water partition coefficient (Wildman–Crippen LogP) is 4.61. The summed E-state index contributed by atoms with van der Waals surface area (Å²) >= 11 is 6.25. The number of hydrogen-bond donors (Lipinski definition) is 0. The lowest BCUT2D eigenvalue weighted by Gasteiger charge is -2.02. The van der Waals surface area contributed by atoms with Crippen molar-refractivity contribution in [2.75, 3.05) is 0 Å². The summed E-state index contributed by atoms with van der Waals surface area (Å²) in [5.41, 5.74) is 2.33. The van der Waals surface area contributed by atoms with Gasteiger partial charge in [-0.3, -0.25) is 0 Å². The number of halogens is 1. The maximum Gasteiger partial charge on any atom is 0.251 e.